The minimum atomic E-state index is -3.39. The number of aromatic nitrogens is 1. The fourth-order valence-corrected chi connectivity index (χ4v) is 5.52. The summed E-state index contributed by atoms with van der Waals surface area (Å²) in [6, 6.07) is 7.31. The van der Waals surface area contributed by atoms with Crippen molar-refractivity contribution in [2.24, 2.45) is 0 Å². The van der Waals surface area contributed by atoms with E-state index < -0.39 is 10.0 Å². The third-order valence-electron chi connectivity index (χ3n) is 4.62. The number of piperidine rings is 1. The van der Waals surface area contributed by atoms with Crippen LogP contribution in [0.5, 0.6) is 0 Å². The van der Waals surface area contributed by atoms with Crippen molar-refractivity contribution in [3.8, 4) is 0 Å². The number of hydrogen-bond acceptors (Lipinski definition) is 4. The van der Waals surface area contributed by atoms with Crippen LogP contribution in [-0.2, 0) is 10.0 Å². The first kappa shape index (κ1) is 17.6. The minimum Gasteiger partial charge on any atom is -0.246 e. The number of rotatable bonds is 4. The summed E-state index contributed by atoms with van der Waals surface area (Å²) in [5.74, 6) is 0.790. The smallest absolute Gasteiger partial charge is 0.243 e. The maximum absolute atomic E-state index is 12.8. The van der Waals surface area contributed by atoms with Crippen LogP contribution in [0.2, 0.25) is 0 Å². The molecule has 0 amide bonds. The second-order valence-corrected chi connectivity index (χ2v) is 9.56. The molecule has 0 bridgehead atoms. The normalized spacial score (nSPS) is 17.5. The summed E-state index contributed by atoms with van der Waals surface area (Å²) in [7, 11) is -3.39. The maximum Gasteiger partial charge on any atom is 0.243 e. The van der Waals surface area contributed by atoms with Gasteiger partial charge in [-0.3, -0.25) is 0 Å². The van der Waals surface area contributed by atoms with E-state index >= 15 is 0 Å². The van der Waals surface area contributed by atoms with Crippen LogP contribution in [0.1, 0.15) is 54.8 Å². The quantitative estimate of drug-likeness (QED) is 0.819. The lowest BCUT2D eigenvalue weighted by Gasteiger charge is -2.30. The summed E-state index contributed by atoms with van der Waals surface area (Å²) < 4.78 is 27.3. The van der Waals surface area contributed by atoms with Gasteiger partial charge in [0, 0.05) is 30.1 Å². The van der Waals surface area contributed by atoms with Gasteiger partial charge in [0.15, 0.2) is 0 Å². The summed E-state index contributed by atoms with van der Waals surface area (Å²) in [6.45, 7) is 7.35. The van der Waals surface area contributed by atoms with E-state index in [-0.39, 0.29) is 0 Å². The van der Waals surface area contributed by atoms with Gasteiger partial charge in [0.05, 0.1) is 9.90 Å². The van der Waals surface area contributed by atoms with Crippen molar-refractivity contribution < 1.29 is 8.42 Å². The van der Waals surface area contributed by atoms with Crippen molar-refractivity contribution in [3.63, 3.8) is 0 Å². The van der Waals surface area contributed by atoms with Crippen molar-refractivity contribution in [3.05, 3.63) is 45.9 Å². The lowest BCUT2D eigenvalue weighted by atomic mass is 9.99. The molecule has 0 unspecified atom stereocenters. The van der Waals surface area contributed by atoms with E-state index in [1.54, 1.807) is 27.8 Å². The summed E-state index contributed by atoms with van der Waals surface area (Å²) in [6.07, 6.45) is 1.69. The molecule has 0 saturated carbocycles. The fourth-order valence-electron chi connectivity index (χ4n) is 3.08. The molecule has 3 rings (SSSR count). The molecular weight excluding hydrogens is 340 g/mol. The zero-order valence-corrected chi connectivity index (χ0v) is 16.0. The standard InChI is InChI=1S/C18H24N2O2S2/c1-13(2)15-4-6-17(7-5-15)24(21,22)20-10-8-16(9-11-20)18-19-14(3)12-23-18/h4-7,12-13,16H,8-11H2,1-3H3. The van der Waals surface area contributed by atoms with Crippen molar-refractivity contribution in [1.29, 1.82) is 0 Å². The van der Waals surface area contributed by atoms with Gasteiger partial charge < -0.3 is 0 Å². The second-order valence-electron chi connectivity index (χ2n) is 6.73. The molecule has 1 fully saturated rings. The maximum atomic E-state index is 12.8. The van der Waals surface area contributed by atoms with E-state index in [2.05, 4.69) is 24.2 Å². The number of hydrogen-bond donors (Lipinski definition) is 0. The highest BCUT2D eigenvalue weighted by atomic mass is 32.2. The van der Waals surface area contributed by atoms with Crippen molar-refractivity contribution in [2.45, 2.75) is 50.3 Å². The molecule has 0 radical (unpaired) electrons. The lowest BCUT2D eigenvalue weighted by molar-refractivity contribution is 0.319. The monoisotopic (exact) mass is 364 g/mol. The Hall–Kier alpha value is -1.24. The SMILES string of the molecule is Cc1csc(C2CCN(S(=O)(=O)c3ccc(C(C)C)cc3)CC2)n1. The second kappa shape index (κ2) is 6.94. The first-order chi connectivity index (χ1) is 11.4. The highest BCUT2D eigenvalue weighted by Crippen LogP contribution is 2.32. The van der Waals surface area contributed by atoms with Crippen LogP contribution in [0.15, 0.2) is 34.5 Å². The largest absolute Gasteiger partial charge is 0.246 e. The van der Waals surface area contributed by atoms with Crippen molar-refractivity contribution >= 4 is 21.4 Å². The number of aryl methyl sites for hydroxylation is 1. The van der Waals surface area contributed by atoms with Gasteiger partial charge in [-0.15, -0.1) is 11.3 Å². The Morgan fingerprint density at radius 2 is 1.79 bits per heavy atom. The van der Waals surface area contributed by atoms with E-state index in [4.69, 9.17) is 0 Å². The van der Waals surface area contributed by atoms with Gasteiger partial charge in [-0.05, 0) is 43.4 Å². The van der Waals surface area contributed by atoms with Crippen LogP contribution in [0.3, 0.4) is 0 Å². The van der Waals surface area contributed by atoms with Crippen LogP contribution in [0.25, 0.3) is 0 Å². The predicted octanol–water partition coefficient (Wildman–Crippen LogP) is 4.14. The van der Waals surface area contributed by atoms with Gasteiger partial charge >= 0.3 is 0 Å². The zero-order chi connectivity index (χ0) is 17.3. The molecule has 1 aromatic heterocycles. The van der Waals surface area contributed by atoms with E-state index in [1.807, 2.05) is 19.1 Å². The first-order valence-corrected chi connectivity index (χ1v) is 10.7. The number of nitrogens with zero attached hydrogens (tertiary/aromatic N) is 2. The highest BCUT2D eigenvalue weighted by Gasteiger charge is 2.30. The minimum absolute atomic E-state index is 0.387. The Morgan fingerprint density at radius 3 is 2.29 bits per heavy atom. The molecular formula is C18H24N2O2S2. The van der Waals surface area contributed by atoms with Crippen LogP contribution in [0, 0.1) is 6.92 Å². The van der Waals surface area contributed by atoms with Crippen LogP contribution < -0.4 is 0 Å². The number of benzene rings is 1. The van der Waals surface area contributed by atoms with E-state index in [9.17, 15) is 8.42 Å². The average molecular weight is 365 g/mol. The summed E-state index contributed by atoms with van der Waals surface area (Å²) in [4.78, 5) is 4.96. The molecule has 1 saturated heterocycles. The third-order valence-corrected chi connectivity index (χ3v) is 7.66. The van der Waals surface area contributed by atoms with Gasteiger partial charge in [0.1, 0.15) is 0 Å². The molecule has 6 heteroatoms. The van der Waals surface area contributed by atoms with Crippen molar-refractivity contribution in [2.75, 3.05) is 13.1 Å². The van der Waals surface area contributed by atoms with Gasteiger partial charge in [0.25, 0.3) is 0 Å². The van der Waals surface area contributed by atoms with Crippen molar-refractivity contribution in [1.82, 2.24) is 9.29 Å². The highest BCUT2D eigenvalue weighted by molar-refractivity contribution is 7.89. The Balaban J connectivity index is 1.70. The van der Waals surface area contributed by atoms with Crippen LogP contribution in [-0.4, -0.2) is 30.8 Å². The molecule has 4 nitrogen and oxygen atoms in total. The van der Waals surface area contributed by atoms with Crippen LogP contribution >= 0.6 is 11.3 Å². The van der Waals surface area contributed by atoms with Gasteiger partial charge in [-0.1, -0.05) is 26.0 Å². The van der Waals surface area contributed by atoms with E-state index in [1.165, 1.54) is 0 Å². The molecule has 2 aromatic rings. The molecule has 0 aliphatic carbocycles. The molecule has 130 valence electrons. The molecule has 2 heterocycles. The van der Waals surface area contributed by atoms with Crippen LogP contribution in [0.4, 0.5) is 0 Å². The number of sulfonamides is 1. The Morgan fingerprint density at radius 1 is 1.17 bits per heavy atom. The zero-order valence-electron chi connectivity index (χ0n) is 14.4. The van der Waals surface area contributed by atoms with E-state index in [0.29, 0.717) is 29.8 Å². The molecule has 0 N–H and O–H groups in total. The Kier molecular flexibility index (Phi) is 5.08. The molecule has 1 aliphatic rings. The Labute approximate surface area is 148 Å². The molecule has 1 aliphatic heterocycles. The number of thiazole rings is 1. The van der Waals surface area contributed by atoms with E-state index in [0.717, 1.165) is 29.1 Å². The summed E-state index contributed by atoms with van der Waals surface area (Å²) in [5, 5.41) is 3.21. The molecule has 1 aromatic carbocycles. The molecule has 0 atom stereocenters. The van der Waals surface area contributed by atoms with Gasteiger partial charge in [-0.25, -0.2) is 13.4 Å². The Bertz CT molecular complexity index is 787. The fraction of sp³-hybridized carbons (Fsp3) is 0.500. The summed E-state index contributed by atoms with van der Waals surface area (Å²) >= 11 is 1.69. The first-order valence-electron chi connectivity index (χ1n) is 8.40. The predicted molar refractivity (Wildman–Crippen MR) is 98.1 cm³/mol. The topological polar surface area (TPSA) is 50.3 Å². The average Bonchev–Trinajstić information content (AvgIpc) is 3.01. The molecule has 24 heavy (non-hydrogen) atoms. The summed E-state index contributed by atoms with van der Waals surface area (Å²) in [5.41, 5.74) is 2.21. The lowest BCUT2D eigenvalue weighted by Crippen LogP contribution is -2.37. The molecule has 0 spiro atoms. The third kappa shape index (κ3) is 3.55. The van der Waals surface area contributed by atoms with Gasteiger partial charge in [-0.2, -0.15) is 4.31 Å². The van der Waals surface area contributed by atoms with Gasteiger partial charge in [0.2, 0.25) is 10.0 Å².